The predicted molar refractivity (Wildman–Crippen MR) is 142 cm³/mol. The van der Waals surface area contributed by atoms with Gasteiger partial charge in [0.1, 0.15) is 0 Å². The Bertz CT molecular complexity index is 1150. The number of hydrogen-bond donors (Lipinski definition) is 0. The highest BCUT2D eigenvalue weighted by molar-refractivity contribution is 5.62. The van der Waals surface area contributed by atoms with Gasteiger partial charge in [-0.15, -0.1) is 0 Å². The zero-order chi connectivity index (χ0) is 23.3. The third-order valence-corrected chi connectivity index (χ3v) is 6.80. The lowest BCUT2D eigenvalue weighted by Gasteiger charge is -2.36. The molecule has 1 aliphatic heterocycles. The Morgan fingerprint density at radius 3 is 2.18 bits per heavy atom. The summed E-state index contributed by atoms with van der Waals surface area (Å²) in [7, 11) is 0. The molecule has 1 saturated heterocycles. The van der Waals surface area contributed by atoms with Crippen LogP contribution in [0.5, 0.6) is 0 Å². The summed E-state index contributed by atoms with van der Waals surface area (Å²) in [4.78, 5) is 5.14. The number of piperazine rings is 1. The minimum absolute atomic E-state index is 0.997. The van der Waals surface area contributed by atoms with Gasteiger partial charge in [0.25, 0.3) is 0 Å². The van der Waals surface area contributed by atoms with Gasteiger partial charge in [0.2, 0.25) is 0 Å². The van der Waals surface area contributed by atoms with E-state index < -0.39 is 0 Å². The van der Waals surface area contributed by atoms with Gasteiger partial charge >= 0.3 is 0 Å². The summed E-state index contributed by atoms with van der Waals surface area (Å²) in [6.07, 6.45) is 2.13. The Morgan fingerprint density at radius 1 is 0.765 bits per heavy atom. The fourth-order valence-corrected chi connectivity index (χ4v) is 4.99. The quantitative estimate of drug-likeness (QED) is 0.350. The Balaban J connectivity index is 1.20. The fraction of sp³-hybridized carbons (Fsp3) is 0.300. The highest BCUT2D eigenvalue weighted by Crippen LogP contribution is 2.25. The van der Waals surface area contributed by atoms with Crippen LogP contribution < -0.4 is 4.90 Å². The predicted octanol–water partition coefficient (Wildman–Crippen LogP) is 5.91. The van der Waals surface area contributed by atoms with Crippen LogP contribution >= 0.6 is 0 Å². The van der Waals surface area contributed by atoms with E-state index in [4.69, 9.17) is 5.10 Å². The molecule has 0 radical (unpaired) electrons. The first-order chi connectivity index (χ1) is 16.7. The average Bonchev–Trinajstić information content (AvgIpc) is 3.30. The molecule has 174 valence electrons. The maximum Gasteiger partial charge on any atom is 0.0743 e. The van der Waals surface area contributed by atoms with Gasteiger partial charge in [-0.1, -0.05) is 66.2 Å². The monoisotopic (exact) mass is 450 g/mol. The van der Waals surface area contributed by atoms with Crippen LogP contribution in [0.1, 0.15) is 23.2 Å². The molecule has 5 rings (SSSR count). The van der Waals surface area contributed by atoms with Crippen LogP contribution in [0.15, 0.2) is 84.9 Å². The fourth-order valence-electron chi connectivity index (χ4n) is 4.99. The van der Waals surface area contributed by atoms with E-state index in [1.807, 2.05) is 0 Å². The van der Waals surface area contributed by atoms with E-state index in [0.717, 1.165) is 62.6 Å². The Kier molecular flexibility index (Phi) is 6.77. The first-order valence-corrected chi connectivity index (χ1v) is 12.4. The summed E-state index contributed by atoms with van der Waals surface area (Å²) in [5, 5.41) is 5.00. The lowest BCUT2D eigenvalue weighted by atomic mass is 10.1. The molecule has 0 spiro atoms. The number of para-hydroxylation sites is 1. The van der Waals surface area contributed by atoms with Crippen molar-refractivity contribution < 1.29 is 0 Å². The van der Waals surface area contributed by atoms with Gasteiger partial charge in [0, 0.05) is 37.4 Å². The van der Waals surface area contributed by atoms with E-state index >= 15 is 0 Å². The molecule has 0 atom stereocenters. The normalized spacial score (nSPS) is 14.5. The third kappa shape index (κ3) is 5.07. The minimum Gasteiger partial charge on any atom is -0.369 e. The van der Waals surface area contributed by atoms with Crippen LogP contribution in [0.25, 0.3) is 16.9 Å². The first kappa shape index (κ1) is 22.4. The second kappa shape index (κ2) is 10.3. The zero-order valence-electron chi connectivity index (χ0n) is 20.3. The number of rotatable bonds is 7. The topological polar surface area (TPSA) is 24.3 Å². The molecule has 1 aromatic heterocycles. The number of benzene rings is 3. The van der Waals surface area contributed by atoms with Crippen LogP contribution in [0.2, 0.25) is 0 Å². The molecule has 4 nitrogen and oxygen atoms in total. The molecule has 1 aliphatic rings. The summed E-state index contributed by atoms with van der Waals surface area (Å²) in [6.45, 7) is 9.98. The molecule has 0 amide bonds. The number of hydrogen-bond acceptors (Lipinski definition) is 3. The summed E-state index contributed by atoms with van der Waals surface area (Å²) in [5.74, 6) is 0. The van der Waals surface area contributed by atoms with Crippen molar-refractivity contribution in [3.05, 3.63) is 102 Å². The Hall–Kier alpha value is -3.37. The van der Waals surface area contributed by atoms with Crippen molar-refractivity contribution >= 4 is 5.69 Å². The summed E-state index contributed by atoms with van der Waals surface area (Å²) in [6, 6.07) is 30.1. The maximum absolute atomic E-state index is 5.00. The lowest BCUT2D eigenvalue weighted by Crippen LogP contribution is -2.46. The highest BCUT2D eigenvalue weighted by atomic mass is 15.3. The van der Waals surface area contributed by atoms with E-state index in [1.54, 1.807) is 0 Å². The molecular weight excluding hydrogens is 416 g/mol. The van der Waals surface area contributed by atoms with E-state index in [-0.39, 0.29) is 0 Å². The van der Waals surface area contributed by atoms with Crippen molar-refractivity contribution in [1.82, 2.24) is 14.7 Å². The standard InChI is InChI=1S/C30H34N4/c1-24-15-16-29(25(2)22-24)33-20-18-32(19-21-33)17-9-12-27-23-30(26-10-5-3-6-11-26)34(31-27)28-13-7-4-8-14-28/h3-8,10-11,13-16,22-23H,9,12,17-21H2,1-2H3. The van der Waals surface area contributed by atoms with Crippen molar-refractivity contribution in [3.63, 3.8) is 0 Å². The van der Waals surface area contributed by atoms with Gasteiger partial charge in [-0.25, -0.2) is 4.68 Å². The largest absolute Gasteiger partial charge is 0.369 e. The molecule has 0 aliphatic carbocycles. The smallest absolute Gasteiger partial charge is 0.0743 e. The number of nitrogens with zero attached hydrogens (tertiary/aromatic N) is 4. The van der Waals surface area contributed by atoms with Crippen molar-refractivity contribution in [2.75, 3.05) is 37.6 Å². The number of aryl methyl sites for hydroxylation is 3. The van der Waals surface area contributed by atoms with Gasteiger partial charge in [0.05, 0.1) is 17.1 Å². The SMILES string of the molecule is Cc1ccc(N2CCN(CCCc3cc(-c4ccccc4)n(-c4ccccc4)n3)CC2)c(C)c1. The molecule has 0 saturated carbocycles. The van der Waals surface area contributed by atoms with Crippen LogP contribution in [0.4, 0.5) is 5.69 Å². The molecule has 0 N–H and O–H groups in total. The van der Waals surface area contributed by atoms with Crippen LogP contribution in [-0.4, -0.2) is 47.4 Å². The molecule has 2 heterocycles. The second-order valence-corrected chi connectivity index (χ2v) is 9.36. The highest BCUT2D eigenvalue weighted by Gasteiger charge is 2.18. The first-order valence-electron chi connectivity index (χ1n) is 12.4. The summed E-state index contributed by atoms with van der Waals surface area (Å²) in [5.41, 5.74) is 8.75. The van der Waals surface area contributed by atoms with Gasteiger partial charge in [-0.2, -0.15) is 5.10 Å². The Labute approximate surface area is 203 Å². The van der Waals surface area contributed by atoms with Crippen LogP contribution in [0.3, 0.4) is 0 Å². The second-order valence-electron chi connectivity index (χ2n) is 9.36. The molecule has 0 unspecified atom stereocenters. The van der Waals surface area contributed by atoms with Crippen LogP contribution in [0, 0.1) is 13.8 Å². The number of anilines is 1. The molecule has 4 heteroatoms. The number of aromatic nitrogens is 2. The summed E-state index contributed by atoms with van der Waals surface area (Å²) >= 11 is 0. The third-order valence-electron chi connectivity index (χ3n) is 6.80. The van der Waals surface area contributed by atoms with E-state index in [1.165, 1.54) is 22.4 Å². The van der Waals surface area contributed by atoms with Gasteiger partial charge < -0.3 is 4.90 Å². The average molecular weight is 451 g/mol. The van der Waals surface area contributed by atoms with Gasteiger partial charge in [-0.05, 0) is 63.1 Å². The van der Waals surface area contributed by atoms with Crippen LogP contribution in [-0.2, 0) is 6.42 Å². The van der Waals surface area contributed by atoms with Gasteiger partial charge in [0.15, 0.2) is 0 Å². The molecule has 1 fully saturated rings. The molecule has 3 aromatic carbocycles. The Morgan fingerprint density at radius 2 is 1.47 bits per heavy atom. The lowest BCUT2D eigenvalue weighted by molar-refractivity contribution is 0.254. The van der Waals surface area contributed by atoms with Crippen molar-refractivity contribution in [2.45, 2.75) is 26.7 Å². The van der Waals surface area contributed by atoms with Gasteiger partial charge in [-0.3, -0.25) is 4.90 Å². The van der Waals surface area contributed by atoms with E-state index in [9.17, 15) is 0 Å². The molecule has 34 heavy (non-hydrogen) atoms. The molecule has 0 bridgehead atoms. The molecular formula is C30H34N4. The van der Waals surface area contributed by atoms with Crippen molar-refractivity contribution in [1.29, 1.82) is 0 Å². The van der Waals surface area contributed by atoms with E-state index in [2.05, 4.69) is 113 Å². The maximum atomic E-state index is 5.00. The molecule has 4 aromatic rings. The summed E-state index contributed by atoms with van der Waals surface area (Å²) < 4.78 is 2.09. The minimum atomic E-state index is 0.997. The van der Waals surface area contributed by atoms with E-state index in [0.29, 0.717) is 0 Å². The van der Waals surface area contributed by atoms with Crippen molar-refractivity contribution in [2.24, 2.45) is 0 Å². The zero-order valence-corrected chi connectivity index (χ0v) is 20.3. The van der Waals surface area contributed by atoms with Crippen molar-refractivity contribution in [3.8, 4) is 16.9 Å².